The van der Waals surface area contributed by atoms with Gasteiger partial charge in [0.1, 0.15) is 5.82 Å². The lowest BCUT2D eigenvalue weighted by Crippen LogP contribution is -2.07. The summed E-state index contributed by atoms with van der Waals surface area (Å²) in [4.78, 5) is 0. The molecule has 1 N–H and O–H groups in total. The zero-order valence-electron chi connectivity index (χ0n) is 9.75. The molecule has 0 saturated carbocycles. The van der Waals surface area contributed by atoms with Crippen molar-refractivity contribution in [1.29, 1.82) is 0 Å². The van der Waals surface area contributed by atoms with E-state index in [0.29, 0.717) is 0 Å². The Hall–Kier alpha value is -0.870. The first-order valence-electron chi connectivity index (χ1n) is 5.53. The van der Waals surface area contributed by atoms with Gasteiger partial charge in [0.25, 0.3) is 0 Å². The summed E-state index contributed by atoms with van der Waals surface area (Å²) in [6.45, 7) is 2.04. The topological polar surface area (TPSA) is 12.0 Å². The van der Waals surface area contributed by atoms with Gasteiger partial charge in [-0.25, -0.2) is 4.39 Å². The quantitative estimate of drug-likeness (QED) is 0.747. The van der Waals surface area contributed by atoms with Gasteiger partial charge in [0.15, 0.2) is 0 Å². The van der Waals surface area contributed by atoms with Crippen molar-refractivity contribution in [1.82, 2.24) is 0 Å². The highest BCUT2D eigenvalue weighted by atomic mass is 79.9. The Bertz CT molecular complexity index is 557. The number of halogens is 3. The second kappa shape index (κ2) is 5.85. The molecule has 0 aliphatic rings. The minimum atomic E-state index is -0.234. The number of hydrogen-bond acceptors (Lipinski definition) is 1. The first kappa shape index (κ1) is 13.6. The molecule has 94 valence electrons. The van der Waals surface area contributed by atoms with Crippen molar-refractivity contribution in [3.63, 3.8) is 0 Å². The Morgan fingerprint density at radius 3 is 2.56 bits per heavy atom. The van der Waals surface area contributed by atoms with Gasteiger partial charge in [0, 0.05) is 20.7 Å². The predicted molar refractivity (Wildman–Crippen MR) is 80.3 cm³/mol. The molecular formula is C14H12Br2FN. The van der Waals surface area contributed by atoms with Crippen LogP contribution in [0.5, 0.6) is 0 Å². The maximum atomic E-state index is 13.1. The van der Waals surface area contributed by atoms with Crippen LogP contribution < -0.4 is 5.32 Å². The molecule has 1 atom stereocenters. The van der Waals surface area contributed by atoms with Crippen molar-refractivity contribution in [2.45, 2.75) is 13.0 Å². The van der Waals surface area contributed by atoms with Crippen LogP contribution in [0.2, 0.25) is 0 Å². The van der Waals surface area contributed by atoms with Gasteiger partial charge in [-0.3, -0.25) is 0 Å². The molecule has 2 rings (SSSR count). The Morgan fingerprint density at radius 2 is 1.89 bits per heavy atom. The summed E-state index contributed by atoms with van der Waals surface area (Å²) in [5.74, 6) is -0.234. The molecule has 0 aliphatic carbocycles. The van der Waals surface area contributed by atoms with E-state index in [4.69, 9.17) is 0 Å². The molecular weight excluding hydrogens is 361 g/mol. The molecule has 0 aliphatic heterocycles. The van der Waals surface area contributed by atoms with Gasteiger partial charge in [-0.2, -0.15) is 0 Å². The van der Waals surface area contributed by atoms with Gasteiger partial charge in [0.05, 0.1) is 0 Å². The van der Waals surface area contributed by atoms with Gasteiger partial charge in [0.2, 0.25) is 0 Å². The standard InChI is InChI=1S/C14H12Br2FN/c1-9(13-6-5-10(15)7-14(13)16)18-12-4-2-3-11(17)8-12/h2-9,18H,1H3. The minimum absolute atomic E-state index is 0.0919. The average Bonchev–Trinajstić information content (AvgIpc) is 2.28. The molecule has 1 nitrogen and oxygen atoms in total. The Kier molecular flexibility index (Phi) is 4.40. The number of anilines is 1. The number of hydrogen-bond donors (Lipinski definition) is 1. The molecule has 1 unspecified atom stereocenters. The molecule has 0 spiro atoms. The predicted octanol–water partition coefficient (Wildman–Crippen LogP) is 5.52. The van der Waals surface area contributed by atoms with Crippen LogP contribution in [-0.2, 0) is 0 Å². The van der Waals surface area contributed by atoms with E-state index in [1.54, 1.807) is 6.07 Å². The monoisotopic (exact) mass is 371 g/mol. The third-order valence-corrected chi connectivity index (χ3v) is 3.82. The van der Waals surface area contributed by atoms with Crippen molar-refractivity contribution in [3.8, 4) is 0 Å². The van der Waals surface area contributed by atoms with E-state index in [9.17, 15) is 4.39 Å². The summed E-state index contributed by atoms with van der Waals surface area (Å²) >= 11 is 6.95. The SMILES string of the molecule is CC(Nc1cccc(F)c1)c1ccc(Br)cc1Br. The largest absolute Gasteiger partial charge is 0.378 e. The van der Waals surface area contributed by atoms with E-state index in [1.165, 1.54) is 12.1 Å². The Balaban J connectivity index is 2.19. The van der Waals surface area contributed by atoms with Crippen LogP contribution in [0.15, 0.2) is 51.4 Å². The minimum Gasteiger partial charge on any atom is -0.378 e. The summed E-state index contributed by atoms with van der Waals surface area (Å²) < 4.78 is 15.1. The van der Waals surface area contributed by atoms with Crippen LogP contribution in [0.3, 0.4) is 0 Å². The normalized spacial score (nSPS) is 12.2. The number of benzene rings is 2. The fourth-order valence-corrected chi connectivity index (χ4v) is 3.15. The van der Waals surface area contributed by atoms with Gasteiger partial charge < -0.3 is 5.32 Å². The van der Waals surface area contributed by atoms with Gasteiger partial charge in [-0.1, -0.05) is 44.0 Å². The van der Waals surface area contributed by atoms with Crippen molar-refractivity contribution in [3.05, 3.63) is 62.8 Å². The molecule has 2 aromatic carbocycles. The maximum absolute atomic E-state index is 13.1. The van der Waals surface area contributed by atoms with E-state index in [-0.39, 0.29) is 11.9 Å². The van der Waals surface area contributed by atoms with Crippen LogP contribution in [0.25, 0.3) is 0 Å². The first-order valence-corrected chi connectivity index (χ1v) is 7.12. The number of nitrogens with one attached hydrogen (secondary N) is 1. The molecule has 18 heavy (non-hydrogen) atoms. The lowest BCUT2D eigenvalue weighted by molar-refractivity contribution is 0.628. The van der Waals surface area contributed by atoms with Crippen LogP contribution in [0, 0.1) is 5.82 Å². The van der Waals surface area contributed by atoms with Crippen LogP contribution in [0.1, 0.15) is 18.5 Å². The molecule has 0 heterocycles. The highest BCUT2D eigenvalue weighted by molar-refractivity contribution is 9.11. The Morgan fingerprint density at radius 1 is 1.11 bits per heavy atom. The molecule has 4 heteroatoms. The van der Waals surface area contributed by atoms with Gasteiger partial charge in [-0.05, 0) is 42.8 Å². The molecule has 0 amide bonds. The zero-order chi connectivity index (χ0) is 13.1. The average molecular weight is 373 g/mol. The highest BCUT2D eigenvalue weighted by Gasteiger charge is 2.09. The molecule has 0 radical (unpaired) electrons. The third-order valence-electron chi connectivity index (χ3n) is 2.64. The highest BCUT2D eigenvalue weighted by Crippen LogP contribution is 2.29. The lowest BCUT2D eigenvalue weighted by Gasteiger charge is -2.17. The zero-order valence-corrected chi connectivity index (χ0v) is 12.9. The summed E-state index contributed by atoms with van der Waals surface area (Å²) in [6.07, 6.45) is 0. The molecule has 0 fully saturated rings. The van der Waals surface area contributed by atoms with Crippen molar-refractivity contribution >= 4 is 37.5 Å². The van der Waals surface area contributed by atoms with E-state index in [0.717, 1.165) is 20.2 Å². The third kappa shape index (κ3) is 3.33. The van der Waals surface area contributed by atoms with E-state index >= 15 is 0 Å². The molecule has 0 aromatic heterocycles. The Labute approximate surface area is 123 Å². The van der Waals surface area contributed by atoms with Crippen LogP contribution in [-0.4, -0.2) is 0 Å². The van der Waals surface area contributed by atoms with Gasteiger partial charge >= 0.3 is 0 Å². The molecule has 2 aromatic rings. The second-order valence-electron chi connectivity index (χ2n) is 4.04. The summed E-state index contributed by atoms with van der Waals surface area (Å²) in [5, 5.41) is 3.27. The number of rotatable bonds is 3. The van der Waals surface area contributed by atoms with E-state index in [1.807, 2.05) is 31.2 Å². The molecule has 0 bridgehead atoms. The van der Waals surface area contributed by atoms with Crippen LogP contribution >= 0.6 is 31.9 Å². The first-order chi connectivity index (χ1) is 8.56. The van der Waals surface area contributed by atoms with Crippen molar-refractivity contribution < 1.29 is 4.39 Å². The second-order valence-corrected chi connectivity index (χ2v) is 5.81. The van der Waals surface area contributed by atoms with Gasteiger partial charge in [-0.15, -0.1) is 0 Å². The van der Waals surface area contributed by atoms with Crippen molar-refractivity contribution in [2.24, 2.45) is 0 Å². The van der Waals surface area contributed by atoms with E-state index < -0.39 is 0 Å². The fourth-order valence-electron chi connectivity index (χ4n) is 1.76. The lowest BCUT2D eigenvalue weighted by atomic mass is 10.1. The summed E-state index contributed by atoms with van der Waals surface area (Å²) in [6, 6.07) is 12.6. The van der Waals surface area contributed by atoms with Crippen molar-refractivity contribution in [2.75, 3.05) is 5.32 Å². The van der Waals surface area contributed by atoms with Crippen LogP contribution in [0.4, 0.5) is 10.1 Å². The summed E-state index contributed by atoms with van der Waals surface area (Å²) in [7, 11) is 0. The maximum Gasteiger partial charge on any atom is 0.125 e. The summed E-state index contributed by atoms with van der Waals surface area (Å²) in [5.41, 5.74) is 1.90. The van der Waals surface area contributed by atoms with E-state index in [2.05, 4.69) is 37.2 Å². The fraction of sp³-hybridized carbons (Fsp3) is 0.143. The molecule has 0 saturated heterocycles. The smallest absolute Gasteiger partial charge is 0.125 e.